The maximum atomic E-state index is 13.8. The maximum absolute atomic E-state index is 13.8. The van der Waals surface area contributed by atoms with Crippen molar-refractivity contribution in [2.75, 3.05) is 23.7 Å². The van der Waals surface area contributed by atoms with Gasteiger partial charge in [-0.15, -0.1) is 0 Å². The maximum Gasteiger partial charge on any atom is 0.244 e. The Morgan fingerprint density at radius 2 is 1.82 bits per heavy atom. The Morgan fingerprint density at radius 1 is 1.12 bits per heavy atom. The van der Waals surface area contributed by atoms with E-state index in [0.29, 0.717) is 23.6 Å². The normalized spacial score (nSPS) is 12.1. The molecule has 0 radical (unpaired) electrons. The Labute approximate surface area is 205 Å². The fourth-order valence-electron chi connectivity index (χ4n) is 3.48. The fourth-order valence-corrected chi connectivity index (χ4v) is 4.52. The van der Waals surface area contributed by atoms with E-state index in [1.165, 1.54) is 23.1 Å². The summed E-state index contributed by atoms with van der Waals surface area (Å²) in [5, 5.41) is 3.27. The van der Waals surface area contributed by atoms with Crippen LogP contribution in [0.3, 0.4) is 0 Å². The number of halogens is 2. The fraction of sp³-hybridized carbons (Fsp3) is 0.417. The molecule has 0 saturated heterocycles. The number of nitrogens with one attached hydrogen (secondary N) is 1. The molecule has 2 aromatic carbocycles. The first kappa shape index (κ1) is 27.6. The van der Waals surface area contributed by atoms with Crippen molar-refractivity contribution in [1.82, 2.24) is 10.2 Å². The molecule has 0 spiro atoms. The number of sulfonamides is 1. The molecular formula is C24H31ClFN3O4S. The van der Waals surface area contributed by atoms with Gasteiger partial charge in [0.2, 0.25) is 21.8 Å². The highest BCUT2D eigenvalue weighted by Gasteiger charge is 2.32. The van der Waals surface area contributed by atoms with E-state index in [0.717, 1.165) is 29.5 Å². The molecule has 0 saturated carbocycles. The molecule has 1 N–H and O–H groups in total. The van der Waals surface area contributed by atoms with E-state index in [4.69, 9.17) is 11.6 Å². The summed E-state index contributed by atoms with van der Waals surface area (Å²) in [5.41, 5.74) is 0.642. The highest BCUT2D eigenvalue weighted by Crippen LogP contribution is 2.22. The van der Waals surface area contributed by atoms with Crippen molar-refractivity contribution in [2.45, 2.75) is 45.7 Å². The molecule has 0 aliphatic carbocycles. The number of carbonyl (C=O) groups is 2. The van der Waals surface area contributed by atoms with Crippen LogP contribution in [0.1, 0.15) is 38.7 Å². The number of carbonyl (C=O) groups excluding carboxylic acids is 2. The van der Waals surface area contributed by atoms with Crippen molar-refractivity contribution >= 4 is 39.1 Å². The molecule has 2 rings (SSSR count). The van der Waals surface area contributed by atoms with E-state index in [-0.39, 0.29) is 18.1 Å². The van der Waals surface area contributed by atoms with Crippen LogP contribution in [0.15, 0.2) is 48.5 Å². The molecule has 1 atom stereocenters. The Hall–Kier alpha value is -2.65. The van der Waals surface area contributed by atoms with Crippen LogP contribution < -0.4 is 9.62 Å². The van der Waals surface area contributed by atoms with Gasteiger partial charge in [0.05, 0.1) is 11.9 Å². The number of hydrogen-bond donors (Lipinski definition) is 1. The van der Waals surface area contributed by atoms with Crippen molar-refractivity contribution in [3.8, 4) is 0 Å². The zero-order valence-electron chi connectivity index (χ0n) is 19.6. The molecular weight excluding hydrogens is 481 g/mol. The standard InChI is InChI=1S/C24H31ClFN3O4S/c1-4-6-14-27-24(31)22(5-2)28(16-18-10-7-8-13-21(18)25)23(30)17-29(34(3,32)33)20-12-9-11-19(26)15-20/h7-13,15,22H,4-6,14,16-17H2,1-3H3,(H,27,31)/t22-/m1/s1. The first-order valence-corrected chi connectivity index (χ1v) is 13.3. The zero-order valence-corrected chi connectivity index (χ0v) is 21.2. The molecule has 0 fully saturated rings. The van der Waals surface area contributed by atoms with E-state index in [1.54, 1.807) is 31.2 Å². The number of hydrogen-bond acceptors (Lipinski definition) is 4. The highest BCUT2D eigenvalue weighted by atomic mass is 35.5. The predicted octanol–water partition coefficient (Wildman–Crippen LogP) is 3.97. The minimum atomic E-state index is -3.92. The predicted molar refractivity (Wildman–Crippen MR) is 133 cm³/mol. The summed E-state index contributed by atoms with van der Waals surface area (Å²) in [4.78, 5) is 27.8. The van der Waals surface area contributed by atoms with Crippen molar-refractivity contribution in [3.63, 3.8) is 0 Å². The minimum Gasteiger partial charge on any atom is -0.354 e. The number of nitrogens with zero attached hydrogens (tertiary/aromatic N) is 2. The lowest BCUT2D eigenvalue weighted by molar-refractivity contribution is -0.140. The quantitative estimate of drug-likeness (QED) is 0.437. The van der Waals surface area contributed by atoms with Gasteiger partial charge < -0.3 is 10.2 Å². The number of rotatable bonds is 12. The van der Waals surface area contributed by atoms with Crippen LogP contribution in [0, 0.1) is 5.82 Å². The second kappa shape index (κ2) is 12.7. The Kier molecular flexibility index (Phi) is 10.3. The molecule has 2 aromatic rings. The van der Waals surface area contributed by atoms with Gasteiger partial charge in [0.25, 0.3) is 0 Å². The summed E-state index contributed by atoms with van der Waals surface area (Å²) >= 11 is 6.31. The van der Waals surface area contributed by atoms with Crippen LogP contribution in [0.2, 0.25) is 5.02 Å². The van der Waals surface area contributed by atoms with Gasteiger partial charge in [-0.3, -0.25) is 13.9 Å². The second-order valence-corrected chi connectivity index (χ2v) is 10.2. The summed E-state index contributed by atoms with van der Waals surface area (Å²) in [7, 11) is -3.92. The number of anilines is 1. The third-order valence-corrected chi connectivity index (χ3v) is 6.80. The van der Waals surface area contributed by atoms with Gasteiger partial charge in [-0.25, -0.2) is 12.8 Å². The largest absolute Gasteiger partial charge is 0.354 e. The molecule has 0 heterocycles. The molecule has 0 aromatic heterocycles. The van der Waals surface area contributed by atoms with E-state index in [2.05, 4.69) is 5.32 Å². The molecule has 0 aliphatic rings. The van der Waals surface area contributed by atoms with Crippen LogP contribution in [0.25, 0.3) is 0 Å². The van der Waals surface area contributed by atoms with E-state index in [9.17, 15) is 22.4 Å². The van der Waals surface area contributed by atoms with Gasteiger partial charge in [-0.05, 0) is 42.7 Å². The van der Waals surface area contributed by atoms with Gasteiger partial charge in [0.15, 0.2) is 0 Å². The Morgan fingerprint density at radius 3 is 2.41 bits per heavy atom. The summed E-state index contributed by atoms with van der Waals surface area (Å²) < 4.78 is 39.6. The third kappa shape index (κ3) is 7.70. The van der Waals surface area contributed by atoms with Gasteiger partial charge >= 0.3 is 0 Å². The van der Waals surface area contributed by atoms with Gasteiger partial charge in [-0.2, -0.15) is 0 Å². The Balaban J connectivity index is 2.41. The van der Waals surface area contributed by atoms with E-state index < -0.39 is 34.3 Å². The van der Waals surface area contributed by atoms with Crippen LogP contribution in [-0.2, 0) is 26.2 Å². The molecule has 2 amide bonds. The van der Waals surface area contributed by atoms with Gasteiger partial charge in [0.1, 0.15) is 18.4 Å². The average molecular weight is 512 g/mol. The molecule has 7 nitrogen and oxygen atoms in total. The highest BCUT2D eigenvalue weighted by molar-refractivity contribution is 7.92. The van der Waals surface area contributed by atoms with Crippen LogP contribution in [0.5, 0.6) is 0 Å². The van der Waals surface area contributed by atoms with E-state index >= 15 is 0 Å². The van der Waals surface area contributed by atoms with Crippen molar-refractivity contribution in [1.29, 1.82) is 0 Å². The lowest BCUT2D eigenvalue weighted by atomic mass is 10.1. The molecule has 0 aliphatic heterocycles. The number of amides is 2. The van der Waals surface area contributed by atoms with Crippen LogP contribution in [-0.4, -0.2) is 50.5 Å². The van der Waals surface area contributed by atoms with Crippen LogP contribution in [0.4, 0.5) is 10.1 Å². The SMILES string of the molecule is CCCCNC(=O)[C@@H](CC)N(Cc1ccccc1Cl)C(=O)CN(c1cccc(F)c1)S(C)(=O)=O. The monoisotopic (exact) mass is 511 g/mol. The molecule has 10 heteroatoms. The second-order valence-electron chi connectivity index (χ2n) is 7.93. The lowest BCUT2D eigenvalue weighted by Crippen LogP contribution is -2.52. The van der Waals surface area contributed by atoms with Crippen LogP contribution >= 0.6 is 11.6 Å². The number of unbranched alkanes of at least 4 members (excludes halogenated alkanes) is 1. The van der Waals surface area contributed by atoms with Crippen molar-refractivity contribution < 1.29 is 22.4 Å². The lowest BCUT2D eigenvalue weighted by Gasteiger charge is -2.33. The zero-order chi connectivity index (χ0) is 25.3. The molecule has 186 valence electrons. The number of benzene rings is 2. The third-order valence-electron chi connectivity index (χ3n) is 5.29. The topological polar surface area (TPSA) is 86.8 Å². The van der Waals surface area contributed by atoms with Crippen molar-refractivity contribution in [2.24, 2.45) is 0 Å². The summed E-state index contributed by atoms with van der Waals surface area (Å²) in [6.07, 6.45) is 2.95. The minimum absolute atomic E-state index is 0.0129. The average Bonchev–Trinajstić information content (AvgIpc) is 2.77. The molecule has 0 bridgehead atoms. The first-order chi connectivity index (χ1) is 16.1. The first-order valence-electron chi connectivity index (χ1n) is 11.1. The van der Waals surface area contributed by atoms with Gasteiger partial charge in [-0.1, -0.05) is 56.1 Å². The van der Waals surface area contributed by atoms with E-state index in [1.807, 2.05) is 6.92 Å². The van der Waals surface area contributed by atoms with Gasteiger partial charge in [0, 0.05) is 18.1 Å². The summed E-state index contributed by atoms with van der Waals surface area (Å²) in [6.45, 7) is 3.67. The Bertz CT molecular complexity index is 1100. The molecule has 34 heavy (non-hydrogen) atoms. The summed E-state index contributed by atoms with van der Waals surface area (Å²) in [5.74, 6) is -1.56. The van der Waals surface area contributed by atoms with Crippen molar-refractivity contribution in [3.05, 3.63) is 64.9 Å². The smallest absolute Gasteiger partial charge is 0.244 e. The summed E-state index contributed by atoms with van der Waals surface area (Å²) in [6, 6.07) is 11.1. The molecule has 0 unspecified atom stereocenters.